The minimum Gasteiger partial charge on any atom is -0.481 e. The highest BCUT2D eigenvalue weighted by molar-refractivity contribution is 5.72. The van der Waals surface area contributed by atoms with E-state index in [0.717, 1.165) is 24.3 Å². The largest absolute Gasteiger partial charge is 0.481 e. The van der Waals surface area contributed by atoms with Crippen molar-refractivity contribution in [2.75, 3.05) is 0 Å². The number of halogens is 4. The van der Waals surface area contributed by atoms with E-state index in [-0.39, 0.29) is 16.8 Å². The molecule has 21 heavy (non-hydrogen) atoms. The first-order chi connectivity index (χ1) is 9.77. The smallest absolute Gasteiger partial charge is 0.417 e. The predicted octanol–water partition coefficient (Wildman–Crippen LogP) is 3.53. The summed E-state index contributed by atoms with van der Waals surface area (Å²) < 4.78 is 52.2. The van der Waals surface area contributed by atoms with Gasteiger partial charge in [0.15, 0.2) is 0 Å². The summed E-state index contributed by atoms with van der Waals surface area (Å²) in [5.41, 5.74) is -1.46. The highest BCUT2D eigenvalue weighted by Gasteiger charge is 2.33. The van der Waals surface area contributed by atoms with Crippen LogP contribution < -0.4 is 0 Å². The van der Waals surface area contributed by atoms with Gasteiger partial charge in [-0.2, -0.15) is 17.6 Å². The molecule has 0 aliphatic heterocycles. The summed E-state index contributed by atoms with van der Waals surface area (Å²) in [6.07, 6.45) is -5.11. The van der Waals surface area contributed by atoms with Crippen molar-refractivity contribution in [3.63, 3.8) is 0 Å². The maximum absolute atomic E-state index is 13.4. The van der Waals surface area contributed by atoms with E-state index in [1.165, 1.54) is 12.1 Å². The molecule has 1 aromatic carbocycles. The van der Waals surface area contributed by atoms with Gasteiger partial charge in [0.2, 0.25) is 5.95 Å². The van der Waals surface area contributed by atoms with Crippen LogP contribution in [-0.4, -0.2) is 16.1 Å². The molecule has 1 N–H and O–H groups in total. The van der Waals surface area contributed by atoms with Gasteiger partial charge in [0.05, 0.1) is 17.7 Å². The van der Waals surface area contributed by atoms with Gasteiger partial charge in [0.1, 0.15) is 0 Å². The predicted molar refractivity (Wildman–Crippen MR) is 66.0 cm³/mol. The van der Waals surface area contributed by atoms with Crippen LogP contribution in [0.5, 0.6) is 0 Å². The van der Waals surface area contributed by atoms with Crippen LogP contribution in [0, 0.1) is 5.95 Å². The molecule has 2 aromatic rings. The van der Waals surface area contributed by atoms with Crippen molar-refractivity contribution in [3.8, 4) is 11.3 Å². The zero-order valence-corrected chi connectivity index (χ0v) is 10.5. The molecule has 1 heterocycles. The van der Waals surface area contributed by atoms with Crippen molar-refractivity contribution < 1.29 is 27.5 Å². The molecular formula is C14H9F4NO2. The summed E-state index contributed by atoms with van der Waals surface area (Å²) in [6.45, 7) is 0. The molecule has 0 aliphatic rings. The number of aromatic nitrogens is 1. The number of hydrogen-bond donors (Lipinski definition) is 1. The minimum absolute atomic E-state index is 0.0435. The van der Waals surface area contributed by atoms with Crippen LogP contribution in [0.4, 0.5) is 17.6 Å². The van der Waals surface area contributed by atoms with E-state index in [9.17, 15) is 22.4 Å². The summed E-state index contributed by atoms with van der Waals surface area (Å²) in [5.74, 6) is -2.24. The van der Waals surface area contributed by atoms with Gasteiger partial charge in [-0.15, -0.1) is 0 Å². The van der Waals surface area contributed by atoms with Crippen LogP contribution in [0.1, 0.15) is 11.1 Å². The van der Waals surface area contributed by atoms with Gasteiger partial charge in [0.25, 0.3) is 0 Å². The third kappa shape index (κ3) is 3.56. The molecule has 0 amide bonds. The second kappa shape index (κ2) is 5.51. The molecule has 110 valence electrons. The molecule has 7 heteroatoms. The quantitative estimate of drug-likeness (QED) is 0.696. The number of rotatable bonds is 3. The zero-order chi connectivity index (χ0) is 15.6. The molecule has 0 atom stereocenters. The van der Waals surface area contributed by atoms with E-state index in [2.05, 4.69) is 4.98 Å². The average Bonchev–Trinajstić information content (AvgIpc) is 2.36. The molecule has 0 unspecified atom stereocenters. The van der Waals surface area contributed by atoms with Crippen LogP contribution in [0.15, 0.2) is 36.4 Å². The molecular weight excluding hydrogens is 290 g/mol. The van der Waals surface area contributed by atoms with Gasteiger partial charge in [-0.1, -0.05) is 18.2 Å². The van der Waals surface area contributed by atoms with Gasteiger partial charge >= 0.3 is 12.1 Å². The Hall–Kier alpha value is -2.44. The molecule has 0 spiro atoms. The lowest BCUT2D eigenvalue weighted by molar-refractivity contribution is -0.137. The number of carboxylic acid groups (broad SMARTS) is 1. The highest BCUT2D eigenvalue weighted by atomic mass is 19.4. The number of benzene rings is 1. The molecule has 0 aliphatic carbocycles. The van der Waals surface area contributed by atoms with Crippen LogP contribution in [-0.2, 0) is 17.4 Å². The maximum atomic E-state index is 13.4. The van der Waals surface area contributed by atoms with Crippen molar-refractivity contribution in [1.82, 2.24) is 4.98 Å². The summed E-state index contributed by atoms with van der Waals surface area (Å²) in [7, 11) is 0. The van der Waals surface area contributed by atoms with Crippen LogP contribution in [0.25, 0.3) is 11.3 Å². The number of carbonyl (C=O) groups is 1. The summed E-state index contributed by atoms with van der Waals surface area (Å²) in [5, 5.41) is 8.68. The van der Waals surface area contributed by atoms with Gasteiger partial charge in [0, 0.05) is 5.56 Å². The number of pyridine rings is 1. The average molecular weight is 299 g/mol. The Balaban J connectivity index is 2.57. The van der Waals surface area contributed by atoms with Crippen LogP contribution in [0.2, 0.25) is 0 Å². The SMILES string of the molecule is O=C(O)Cc1cc(F)nc(-c2ccccc2C(F)(F)F)c1. The van der Waals surface area contributed by atoms with E-state index in [1.807, 2.05) is 0 Å². The van der Waals surface area contributed by atoms with E-state index < -0.39 is 30.1 Å². The Bertz CT molecular complexity index is 683. The molecule has 2 rings (SSSR count). The third-order valence-corrected chi connectivity index (χ3v) is 2.72. The standard InChI is InChI=1S/C14H9F4NO2/c15-12-6-8(7-13(20)21)5-11(19-12)9-3-1-2-4-10(9)14(16,17)18/h1-6H,7H2,(H,20,21). The van der Waals surface area contributed by atoms with Gasteiger partial charge in [-0.25, -0.2) is 4.98 Å². The molecule has 0 bridgehead atoms. The summed E-state index contributed by atoms with van der Waals surface area (Å²) in [4.78, 5) is 14.1. The van der Waals surface area contributed by atoms with Crippen molar-refractivity contribution in [2.45, 2.75) is 12.6 Å². The van der Waals surface area contributed by atoms with Crippen molar-refractivity contribution >= 4 is 5.97 Å². The fraction of sp³-hybridized carbons (Fsp3) is 0.143. The van der Waals surface area contributed by atoms with E-state index in [0.29, 0.717) is 0 Å². The fourth-order valence-corrected chi connectivity index (χ4v) is 1.92. The van der Waals surface area contributed by atoms with Crippen LogP contribution >= 0.6 is 0 Å². The van der Waals surface area contributed by atoms with E-state index >= 15 is 0 Å². The number of nitrogens with zero attached hydrogens (tertiary/aromatic N) is 1. The Kier molecular flexibility index (Phi) is 3.93. The Morgan fingerprint density at radius 3 is 2.48 bits per heavy atom. The Morgan fingerprint density at radius 1 is 1.19 bits per heavy atom. The molecule has 0 radical (unpaired) electrons. The first-order valence-electron chi connectivity index (χ1n) is 5.82. The van der Waals surface area contributed by atoms with E-state index in [1.54, 1.807) is 0 Å². The second-order valence-corrected chi connectivity index (χ2v) is 4.30. The highest BCUT2D eigenvalue weighted by Crippen LogP contribution is 2.36. The fourth-order valence-electron chi connectivity index (χ4n) is 1.92. The van der Waals surface area contributed by atoms with Crippen molar-refractivity contribution in [3.05, 3.63) is 53.5 Å². The number of alkyl halides is 3. The third-order valence-electron chi connectivity index (χ3n) is 2.72. The van der Waals surface area contributed by atoms with Crippen molar-refractivity contribution in [1.29, 1.82) is 0 Å². The first-order valence-corrected chi connectivity index (χ1v) is 5.82. The molecule has 0 saturated heterocycles. The molecule has 3 nitrogen and oxygen atoms in total. The molecule has 1 aromatic heterocycles. The zero-order valence-electron chi connectivity index (χ0n) is 10.5. The summed E-state index contributed by atoms with van der Waals surface area (Å²) >= 11 is 0. The van der Waals surface area contributed by atoms with Gasteiger partial charge in [-0.3, -0.25) is 4.79 Å². The number of aliphatic carboxylic acids is 1. The summed E-state index contributed by atoms with van der Waals surface area (Å²) in [6, 6.07) is 6.63. The van der Waals surface area contributed by atoms with Gasteiger partial charge in [-0.05, 0) is 23.8 Å². The van der Waals surface area contributed by atoms with Gasteiger partial charge < -0.3 is 5.11 Å². The first kappa shape index (κ1) is 15.0. The molecule has 0 saturated carbocycles. The van der Waals surface area contributed by atoms with Crippen LogP contribution in [0.3, 0.4) is 0 Å². The Labute approximate surface area is 116 Å². The van der Waals surface area contributed by atoms with E-state index in [4.69, 9.17) is 5.11 Å². The lowest BCUT2D eigenvalue weighted by atomic mass is 10.0. The Morgan fingerprint density at radius 2 is 1.86 bits per heavy atom. The molecule has 0 fully saturated rings. The second-order valence-electron chi connectivity index (χ2n) is 4.30. The topological polar surface area (TPSA) is 50.2 Å². The number of carboxylic acids is 1. The number of hydrogen-bond acceptors (Lipinski definition) is 2. The maximum Gasteiger partial charge on any atom is 0.417 e. The lowest BCUT2D eigenvalue weighted by Crippen LogP contribution is -2.08. The van der Waals surface area contributed by atoms with Crippen molar-refractivity contribution in [2.24, 2.45) is 0 Å². The lowest BCUT2D eigenvalue weighted by Gasteiger charge is -2.12. The normalized spacial score (nSPS) is 11.4. The minimum atomic E-state index is -4.61. The monoisotopic (exact) mass is 299 g/mol.